The van der Waals surface area contributed by atoms with E-state index in [2.05, 4.69) is 38.3 Å². The van der Waals surface area contributed by atoms with Gasteiger partial charge in [-0.2, -0.15) is 0 Å². The first-order chi connectivity index (χ1) is 19.0. The number of hydrogen-bond donors (Lipinski definition) is 1. The van der Waals surface area contributed by atoms with Gasteiger partial charge in [0.2, 0.25) is 0 Å². The van der Waals surface area contributed by atoms with Gasteiger partial charge in [0.1, 0.15) is 0 Å². The van der Waals surface area contributed by atoms with E-state index in [9.17, 15) is 9.59 Å². The molecule has 1 aliphatic carbocycles. The van der Waals surface area contributed by atoms with Crippen LogP contribution >= 0.6 is 11.6 Å². The van der Waals surface area contributed by atoms with Crippen molar-refractivity contribution in [2.75, 3.05) is 31.1 Å². The molecule has 0 bridgehead atoms. The molecule has 2 saturated heterocycles. The highest BCUT2D eigenvalue weighted by Crippen LogP contribution is 2.40. The number of aryl methyl sites for hydroxylation is 1. The van der Waals surface area contributed by atoms with Crippen molar-refractivity contribution in [1.29, 1.82) is 0 Å². The fraction of sp³-hybridized carbons (Fsp3) is 0.406. The van der Waals surface area contributed by atoms with Crippen LogP contribution in [-0.2, 0) is 6.42 Å². The van der Waals surface area contributed by atoms with Crippen molar-refractivity contribution < 1.29 is 9.59 Å². The number of carbonyl (C=O) groups is 2. The fourth-order valence-corrected chi connectivity index (χ4v) is 7.07. The molecule has 2 aliphatic heterocycles. The second kappa shape index (κ2) is 11.0. The normalized spacial score (nSPS) is 22.8. The van der Waals surface area contributed by atoms with Crippen LogP contribution in [0.1, 0.15) is 76.4 Å². The summed E-state index contributed by atoms with van der Waals surface area (Å²) in [6.45, 7) is 3.60. The number of anilines is 1. The maximum Gasteiger partial charge on any atom is 0.253 e. The zero-order valence-corrected chi connectivity index (χ0v) is 23.0. The Balaban J connectivity index is 1.19. The molecule has 3 aromatic rings. The fourth-order valence-electron chi connectivity index (χ4n) is 6.84. The van der Waals surface area contributed by atoms with Gasteiger partial charge >= 0.3 is 0 Å². The van der Waals surface area contributed by atoms with E-state index >= 15 is 0 Å². The van der Waals surface area contributed by atoms with E-state index < -0.39 is 0 Å². The summed E-state index contributed by atoms with van der Waals surface area (Å²) in [5, 5.41) is 3.63. The van der Waals surface area contributed by atoms with E-state index in [1.165, 1.54) is 11.3 Å². The highest BCUT2D eigenvalue weighted by molar-refractivity contribution is 6.33. The van der Waals surface area contributed by atoms with Crippen molar-refractivity contribution in [3.63, 3.8) is 0 Å². The summed E-state index contributed by atoms with van der Waals surface area (Å²) in [6.07, 6.45) is 11.0. The maximum atomic E-state index is 13.9. The lowest BCUT2D eigenvalue weighted by molar-refractivity contribution is 0.0466. The van der Waals surface area contributed by atoms with Gasteiger partial charge < -0.3 is 15.1 Å². The van der Waals surface area contributed by atoms with Crippen molar-refractivity contribution >= 4 is 29.1 Å². The molecule has 3 heterocycles. The highest BCUT2D eigenvalue weighted by atomic mass is 35.5. The lowest BCUT2D eigenvalue weighted by Crippen LogP contribution is -2.53. The Morgan fingerprint density at radius 3 is 2.56 bits per heavy atom. The van der Waals surface area contributed by atoms with Crippen LogP contribution in [0.4, 0.5) is 5.69 Å². The maximum absolute atomic E-state index is 13.9. The predicted molar refractivity (Wildman–Crippen MR) is 154 cm³/mol. The molecule has 1 aromatic heterocycles. The molecule has 39 heavy (non-hydrogen) atoms. The summed E-state index contributed by atoms with van der Waals surface area (Å²) in [6, 6.07) is 17.2. The minimum atomic E-state index is -0.177. The van der Waals surface area contributed by atoms with Gasteiger partial charge in [0.05, 0.1) is 16.6 Å². The molecular weight excluding hydrogens is 508 g/mol. The quantitative estimate of drug-likeness (QED) is 0.435. The van der Waals surface area contributed by atoms with Gasteiger partial charge in [0.25, 0.3) is 11.8 Å². The molecule has 3 aliphatic rings. The summed E-state index contributed by atoms with van der Waals surface area (Å²) >= 11 is 6.28. The van der Waals surface area contributed by atoms with Crippen LogP contribution in [0.25, 0.3) is 0 Å². The first-order valence-electron chi connectivity index (χ1n) is 14.1. The summed E-state index contributed by atoms with van der Waals surface area (Å²) in [4.78, 5) is 35.6. The van der Waals surface area contributed by atoms with Gasteiger partial charge in [-0.15, -0.1) is 0 Å². The number of pyridine rings is 1. The Hall–Kier alpha value is -3.38. The zero-order valence-electron chi connectivity index (χ0n) is 22.2. The Kier molecular flexibility index (Phi) is 7.30. The lowest BCUT2D eigenvalue weighted by Gasteiger charge is -2.49. The third-order valence-corrected chi connectivity index (χ3v) is 9.10. The number of hydrogen-bond acceptors (Lipinski definition) is 4. The van der Waals surface area contributed by atoms with Crippen LogP contribution in [0, 0.1) is 5.41 Å². The lowest BCUT2D eigenvalue weighted by atomic mass is 9.73. The number of nitrogens with one attached hydrogen (secondary N) is 1. The number of nitrogens with zero attached hydrogens (tertiary/aromatic N) is 3. The van der Waals surface area contributed by atoms with Gasteiger partial charge in [-0.3, -0.25) is 14.6 Å². The van der Waals surface area contributed by atoms with E-state index in [0.29, 0.717) is 16.1 Å². The minimum Gasteiger partial charge on any atom is -0.371 e. The molecule has 1 spiro atoms. The van der Waals surface area contributed by atoms with E-state index in [1.54, 1.807) is 12.1 Å². The Morgan fingerprint density at radius 1 is 0.949 bits per heavy atom. The number of fused-ring (bicyclic) bond motifs is 1. The van der Waals surface area contributed by atoms with Gasteiger partial charge in [0.15, 0.2) is 0 Å². The molecule has 7 heteroatoms. The molecule has 2 atom stereocenters. The monoisotopic (exact) mass is 542 g/mol. The third-order valence-electron chi connectivity index (χ3n) is 8.77. The Morgan fingerprint density at radius 2 is 1.74 bits per heavy atom. The van der Waals surface area contributed by atoms with Crippen LogP contribution in [0.5, 0.6) is 0 Å². The molecule has 2 amide bonds. The topological polar surface area (TPSA) is 65.5 Å². The second-order valence-corrected chi connectivity index (χ2v) is 11.8. The molecule has 1 N–H and O–H groups in total. The number of piperidine rings is 2. The smallest absolute Gasteiger partial charge is 0.253 e. The van der Waals surface area contributed by atoms with Gasteiger partial charge in [-0.25, -0.2) is 0 Å². The molecule has 2 fully saturated rings. The number of carbonyl (C=O) groups excluding carboxylic acids is 2. The van der Waals surface area contributed by atoms with Gasteiger partial charge in [-0.05, 0) is 92.5 Å². The first-order valence-corrected chi connectivity index (χ1v) is 14.5. The Labute approximate surface area is 235 Å². The highest BCUT2D eigenvalue weighted by Gasteiger charge is 2.41. The minimum absolute atomic E-state index is 0.0969. The van der Waals surface area contributed by atoms with E-state index in [0.717, 1.165) is 76.7 Å². The van der Waals surface area contributed by atoms with E-state index in [4.69, 9.17) is 11.6 Å². The number of rotatable bonds is 4. The number of halogens is 1. The van der Waals surface area contributed by atoms with E-state index in [1.807, 2.05) is 36.7 Å². The molecular formula is C32H35ClN4O2. The standard InChI is InChI=1S/C32H35ClN4O2/c33-28-8-2-1-7-26(28)30(38)35-29-9-3-6-23-10-11-24(20-27(23)29)31(39)37-19-5-15-32(22-37)14-4-18-36(21-32)25-12-16-34-17-13-25/h1-2,7-8,10-13,16-17,20,29H,3-6,9,14-15,18-19,21-22H2,(H,35,38)/t29-,32?/m1/s1. The largest absolute Gasteiger partial charge is 0.371 e. The average Bonchev–Trinajstić information content (AvgIpc) is 2.97. The number of amides is 2. The second-order valence-electron chi connectivity index (χ2n) is 11.4. The number of likely N-dealkylation sites (tertiary alicyclic amines) is 1. The van der Waals surface area contributed by atoms with Crippen LogP contribution in [-0.4, -0.2) is 47.9 Å². The number of benzene rings is 2. The van der Waals surface area contributed by atoms with Gasteiger partial charge in [-0.1, -0.05) is 29.8 Å². The van der Waals surface area contributed by atoms with E-state index in [-0.39, 0.29) is 23.3 Å². The summed E-state index contributed by atoms with van der Waals surface area (Å²) < 4.78 is 0. The molecule has 0 radical (unpaired) electrons. The van der Waals surface area contributed by atoms with Crippen molar-refractivity contribution in [2.24, 2.45) is 5.41 Å². The third kappa shape index (κ3) is 5.40. The molecule has 0 saturated carbocycles. The molecule has 1 unspecified atom stereocenters. The molecule has 6 nitrogen and oxygen atoms in total. The average molecular weight is 543 g/mol. The first kappa shape index (κ1) is 25.9. The summed E-state index contributed by atoms with van der Waals surface area (Å²) in [5.41, 5.74) is 4.79. The molecule has 2 aromatic carbocycles. The predicted octanol–water partition coefficient (Wildman–Crippen LogP) is 6.07. The Bertz CT molecular complexity index is 1360. The zero-order chi connectivity index (χ0) is 26.8. The van der Waals surface area contributed by atoms with Crippen LogP contribution in [0.2, 0.25) is 5.02 Å². The van der Waals surface area contributed by atoms with Gasteiger partial charge in [0, 0.05) is 55.2 Å². The van der Waals surface area contributed by atoms with Crippen molar-refractivity contribution in [2.45, 2.75) is 51.0 Å². The van der Waals surface area contributed by atoms with Crippen LogP contribution in [0.3, 0.4) is 0 Å². The van der Waals surface area contributed by atoms with Crippen molar-refractivity contribution in [1.82, 2.24) is 15.2 Å². The van der Waals surface area contributed by atoms with Crippen LogP contribution in [0.15, 0.2) is 67.0 Å². The van der Waals surface area contributed by atoms with Crippen molar-refractivity contribution in [3.05, 3.63) is 94.3 Å². The van der Waals surface area contributed by atoms with Crippen molar-refractivity contribution in [3.8, 4) is 0 Å². The van der Waals surface area contributed by atoms with Crippen LogP contribution < -0.4 is 10.2 Å². The number of aromatic nitrogens is 1. The summed E-state index contributed by atoms with van der Waals surface area (Å²) in [5.74, 6) is -0.0798. The molecule has 202 valence electrons. The summed E-state index contributed by atoms with van der Waals surface area (Å²) in [7, 11) is 0. The molecule has 6 rings (SSSR count). The SMILES string of the molecule is O=C(N[C@@H]1CCCc2ccc(C(=O)N3CCCC4(CCCN(c5ccncc5)C4)C3)cc21)c1ccccc1Cl.